The number of rotatable bonds is 16. The molecule has 0 bridgehead atoms. The van der Waals surface area contributed by atoms with Crippen molar-refractivity contribution in [3.8, 4) is 11.5 Å². The lowest BCUT2D eigenvalue weighted by Gasteiger charge is -2.23. The Morgan fingerprint density at radius 1 is 0.725 bits per heavy atom. The molecule has 0 radical (unpaired) electrons. The van der Waals surface area contributed by atoms with Gasteiger partial charge in [-0.1, -0.05) is 67.4 Å². The Labute approximate surface area is 239 Å². The van der Waals surface area contributed by atoms with Crippen LogP contribution >= 0.6 is 0 Å². The first kappa shape index (κ1) is 35.1. The molecule has 0 aromatic heterocycles. The number of benzene rings is 1. The van der Waals surface area contributed by atoms with E-state index in [4.69, 9.17) is 24.7 Å². The van der Waals surface area contributed by atoms with Gasteiger partial charge in [0.2, 0.25) is 0 Å². The molecule has 1 aromatic carbocycles. The van der Waals surface area contributed by atoms with E-state index in [1.54, 1.807) is 39.8 Å². The van der Waals surface area contributed by atoms with Crippen molar-refractivity contribution in [1.82, 2.24) is 0 Å². The quantitative estimate of drug-likeness (QED) is 0.160. The molecule has 5 atom stereocenters. The van der Waals surface area contributed by atoms with Crippen molar-refractivity contribution in [2.24, 2.45) is 29.4 Å². The van der Waals surface area contributed by atoms with E-state index in [1.165, 1.54) is 6.07 Å². The summed E-state index contributed by atoms with van der Waals surface area (Å²) < 4.78 is 22.0. The van der Waals surface area contributed by atoms with E-state index in [1.807, 2.05) is 27.7 Å². The molecule has 40 heavy (non-hydrogen) atoms. The van der Waals surface area contributed by atoms with Crippen LogP contribution < -0.4 is 15.2 Å². The summed E-state index contributed by atoms with van der Waals surface area (Å²) in [5.74, 6) is -2.32. The van der Waals surface area contributed by atoms with Crippen LogP contribution in [-0.4, -0.2) is 42.1 Å². The van der Waals surface area contributed by atoms with Crippen LogP contribution in [0.3, 0.4) is 0 Å². The van der Waals surface area contributed by atoms with Crippen LogP contribution in [0.25, 0.3) is 0 Å². The van der Waals surface area contributed by atoms with E-state index in [9.17, 15) is 19.2 Å². The minimum absolute atomic E-state index is 0.0471. The van der Waals surface area contributed by atoms with Gasteiger partial charge in [0.15, 0.2) is 11.5 Å². The summed E-state index contributed by atoms with van der Waals surface area (Å²) in [6.45, 7) is 16.6. The molecule has 9 heteroatoms. The minimum atomic E-state index is -1.03. The molecular formula is C31H49NO8. The Kier molecular flexibility index (Phi) is 14.9. The number of unbranched alkanes of at least 4 members (excludes halogenated alkanes) is 2. The first-order valence-corrected chi connectivity index (χ1v) is 14.4. The number of hydrogen-bond acceptors (Lipinski definition) is 9. The van der Waals surface area contributed by atoms with Gasteiger partial charge in [-0.2, -0.15) is 0 Å². The van der Waals surface area contributed by atoms with Gasteiger partial charge >= 0.3 is 23.9 Å². The molecule has 1 rings (SSSR count). The third kappa shape index (κ3) is 11.7. The van der Waals surface area contributed by atoms with Crippen LogP contribution in [0.1, 0.15) is 93.6 Å². The van der Waals surface area contributed by atoms with Gasteiger partial charge in [-0.05, 0) is 56.2 Å². The van der Waals surface area contributed by atoms with Crippen molar-refractivity contribution in [2.45, 2.75) is 113 Å². The summed E-state index contributed by atoms with van der Waals surface area (Å²) in [6.07, 6.45) is 1.79. The average molecular weight is 564 g/mol. The molecule has 0 aliphatic rings. The minimum Gasteiger partial charge on any atom is -0.459 e. The summed E-state index contributed by atoms with van der Waals surface area (Å²) in [6, 6.07) is 3.71. The second-order valence-electron chi connectivity index (χ2n) is 11.3. The Balaban J connectivity index is 2.97. The average Bonchev–Trinajstić information content (AvgIpc) is 2.88. The van der Waals surface area contributed by atoms with Gasteiger partial charge in [-0.3, -0.25) is 19.2 Å². The van der Waals surface area contributed by atoms with Crippen molar-refractivity contribution in [3.05, 3.63) is 23.8 Å². The molecule has 0 heterocycles. The molecule has 0 saturated heterocycles. The lowest BCUT2D eigenvalue weighted by molar-refractivity contribution is -0.166. The van der Waals surface area contributed by atoms with Crippen LogP contribution in [0.15, 0.2) is 18.2 Å². The fourth-order valence-electron chi connectivity index (χ4n) is 3.38. The number of esters is 4. The van der Waals surface area contributed by atoms with Gasteiger partial charge in [0, 0.05) is 6.42 Å². The van der Waals surface area contributed by atoms with Crippen LogP contribution in [0.2, 0.25) is 0 Å². The summed E-state index contributed by atoms with van der Waals surface area (Å²) in [7, 11) is 0. The molecule has 0 spiro atoms. The van der Waals surface area contributed by atoms with Gasteiger partial charge in [-0.15, -0.1) is 0 Å². The highest BCUT2D eigenvalue weighted by molar-refractivity contribution is 5.79. The third-order valence-corrected chi connectivity index (χ3v) is 7.20. The first-order valence-electron chi connectivity index (χ1n) is 14.4. The van der Waals surface area contributed by atoms with E-state index < -0.39 is 36.2 Å². The molecule has 0 aliphatic carbocycles. The van der Waals surface area contributed by atoms with Crippen molar-refractivity contribution >= 4 is 23.9 Å². The maximum absolute atomic E-state index is 12.7. The van der Waals surface area contributed by atoms with E-state index in [0.29, 0.717) is 12.0 Å². The molecule has 0 amide bonds. The number of ether oxygens (including phenoxy) is 4. The van der Waals surface area contributed by atoms with Crippen molar-refractivity contribution < 1.29 is 38.1 Å². The predicted molar refractivity (Wildman–Crippen MR) is 153 cm³/mol. The monoisotopic (exact) mass is 563 g/mol. The Hall–Kier alpha value is -2.94. The zero-order valence-electron chi connectivity index (χ0n) is 25.7. The fourth-order valence-corrected chi connectivity index (χ4v) is 3.38. The molecule has 0 fully saturated rings. The maximum Gasteiger partial charge on any atom is 0.323 e. The lowest BCUT2D eigenvalue weighted by atomic mass is 9.98. The highest BCUT2D eigenvalue weighted by Crippen LogP contribution is 2.31. The van der Waals surface area contributed by atoms with Gasteiger partial charge in [-0.25, -0.2) is 0 Å². The topological polar surface area (TPSA) is 131 Å². The highest BCUT2D eigenvalue weighted by atomic mass is 16.6. The van der Waals surface area contributed by atoms with E-state index in [-0.39, 0.29) is 47.6 Å². The summed E-state index contributed by atoms with van der Waals surface area (Å²) >= 11 is 0. The van der Waals surface area contributed by atoms with Crippen LogP contribution in [0.5, 0.6) is 11.5 Å². The number of hydrogen-bond donors (Lipinski definition) is 1. The summed E-state index contributed by atoms with van der Waals surface area (Å²) in [4.78, 5) is 50.0. The second kappa shape index (κ2) is 17.0. The standard InChI is InChI=1S/C31H49NO8/c1-10-11-12-13-28(33)37-22(8)23(9)38-31(36)25(32)16-24-14-15-26(39-29(34)20(6)18(2)3)27(17-24)40-30(35)21(7)19(4)5/h14-15,17-23,25H,10-13,16,32H2,1-9H3/t20?,21?,22?,23-,25-/m0/s1. The van der Waals surface area contributed by atoms with Gasteiger partial charge in [0.05, 0.1) is 11.8 Å². The van der Waals surface area contributed by atoms with Gasteiger partial charge < -0.3 is 24.7 Å². The number of carbonyl (C=O) groups is 4. The van der Waals surface area contributed by atoms with Crippen molar-refractivity contribution in [1.29, 1.82) is 0 Å². The summed E-state index contributed by atoms with van der Waals surface area (Å²) in [5, 5.41) is 0. The SMILES string of the molecule is CCCCCC(=O)OC(C)[C@H](C)OC(=O)[C@@H](N)Cc1ccc(OC(=O)C(C)C(C)C)c(OC(=O)C(C)C(C)C)c1. The number of carbonyl (C=O) groups excluding carboxylic acids is 4. The summed E-state index contributed by atoms with van der Waals surface area (Å²) in [5.41, 5.74) is 6.72. The van der Waals surface area contributed by atoms with Crippen LogP contribution in [0.4, 0.5) is 0 Å². The molecule has 0 saturated carbocycles. The molecule has 1 aromatic rings. The lowest BCUT2D eigenvalue weighted by Crippen LogP contribution is -2.39. The Bertz CT molecular complexity index is 990. The number of nitrogens with two attached hydrogens (primary N) is 1. The highest BCUT2D eigenvalue weighted by Gasteiger charge is 2.27. The zero-order valence-corrected chi connectivity index (χ0v) is 25.7. The smallest absolute Gasteiger partial charge is 0.323 e. The zero-order chi connectivity index (χ0) is 30.6. The fraction of sp³-hybridized carbons (Fsp3) is 0.677. The Morgan fingerprint density at radius 3 is 1.77 bits per heavy atom. The molecule has 2 N–H and O–H groups in total. The molecular weight excluding hydrogens is 514 g/mol. The molecule has 9 nitrogen and oxygen atoms in total. The third-order valence-electron chi connectivity index (χ3n) is 7.20. The first-order chi connectivity index (χ1) is 18.7. The van der Waals surface area contributed by atoms with E-state index in [0.717, 1.165) is 19.3 Å². The largest absolute Gasteiger partial charge is 0.459 e. The molecule has 0 aliphatic heterocycles. The van der Waals surface area contributed by atoms with Crippen molar-refractivity contribution in [3.63, 3.8) is 0 Å². The van der Waals surface area contributed by atoms with Crippen molar-refractivity contribution in [2.75, 3.05) is 0 Å². The van der Waals surface area contributed by atoms with Crippen LogP contribution in [0, 0.1) is 23.7 Å². The molecule has 226 valence electrons. The molecule has 3 unspecified atom stereocenters. The Morgan fingerprint density at radius 2 is 1.25 bits per heavy atom. The van der Waals surface area contributed by atoms with E-state index in [2.05, 4.69) is 6.92 Å². The maximum atomic E-state index is 12.7. The van der Waals surface area contributed by atoms with Gasteiger partial charge in [0.25, 0.3) is 0 Å². The van der Waals surface area contributed by atoms with Gasteiger partial charge in [0.1, 0.15) is 18.2 Å². The van der Waals surface area contributed by atoms with E-state index >= 15 is 0 Å². The predicted octanol–water partition coefficient (Wildman–Crippen LogP) is 5.40. The van der Waals surface area contributed by atoms with Crippen LogP contribution in [-0.2, 0) is 35.1 Å². The second-order valence-corrected chi connectivity index (χ2v) is 11.3. The normalized spacial score (nSPS) is 15.1.